The maximum absolute atomic E-state index is 12.0. The van der Waals surface area contributed by atoms with Crippen molar-refractivity contribution >= 4 is 21.8 Å². The van der Waals surface area contributed by atoms with Gasteiger partial charge >= 0.3 is 0 Å². The molecule has 1 aliphatic carbocycles. The summed E-state index contributed by atoms with van der Waals surface area (Å²) in [5, 5.41) is 0. The third-order valence-electron chi connectivity index (χ3n) is 6.70. The summed E-state index contributed by atoms with van der Waals surface area (Å²) in [5.74, 6) is 1.27. The van der Waals surface area contributed by atoms with E-state index in [9.17, 15) is 9.00 Å². The smallest absolute Gasteiger partial charge is 0.257 e. The minimum atomic E-state index is -1.51. The van der Waals surface area contributed by atoms with Gasteiger partial charge < -0.3 is 9.47 Å². The number of ether oxygens (including phenoxy) is 2. The zero-order valence-electron chi connectivity index (χ0n) is 20.1. The fourth-order valence-electron chi connectivity index (χ4n) is 4.94. The monoisotopic (exact) mass is 507 g/mol. The Labute approximate surface area is 218 Å². The number of amides is 1. The van der Waals surface area contributed by atoms with Gasteiger partial charge in [0.15, 0.2) is 11.0 Å². The molecule has 6 rings (SSSR count). The first-order valence-corrected chi connectivity index (χ1v) is 13.4. The molecule has 0 radical (unpaired) electrons. The zero-order valence-corrected chi connectivity index (χ0v) is 20.9. The van der Waals surface area contributed by atoms with Gasteiger partial charge in [0.05, 0.1) is 4.91 Å². The van der Waals surface area contributed by atoms with Gasteiger partial charge in [0.25, 0.3) is 5.91 Å². The molecule has 5 nitrogen and oxygen atoms in total. The van der Waals surface area contributed by atoms with Crippen LogP contribution in [-0.2, 0) is 28.8 Å². The average molecular weight is 508 g/mol. The molecule has 1 unspecified atom stereocenters. The highest BCUT2D eigenvalue weighted by Crippen LogP contribution is 2.42. The van der Waals surface area contributed by atoms with Crippen LogP contribution in [0.5, 0.6) is 11.5 Å². The van der Waals surface area contributed by atoms with Crippen molar-refractivity contribution in [2.24, 2.45) is 0 Å². The van der Waals surface area contributed by atoms with E-state index in [0.29, 0.717) is 11.5 Å². The number of nitrogens with one attached hydrogen (secondary N) is 1. The summed E-state index contributed by atoms with van der Waals surface area (Å²) >= 11 is 0. The van der Waals surface area contributed by atoms with Crippen LogP contribution in [0.25, 0.3) is 16.0 Å². The van der Waals surface area contributed by atoms with E-state index in [4.69, 9.17) is 9.47 Å². The van der Waals surface area contributed by atoms with Gasteiger partial charge in [-0.05, 0) is 58.9 Å². The van der Waals surface area contributed by atoms with E-state index < -0.39 is 11.0 Å². The van der Waals surface area contributed by atoms with Crippen molar-refractivity contribution in [2.75, 3.05) is 0 Å². The van der Waals surface area contributed by atoms with Crippen molar-refractivity contribution in [3.63, 3.8) is 0 Å². The number of hydrogen-bond donors (Lipinski definition) is 1. The lowest BCUT2D eigenvalue weighted by Crippen LogP contribution is -2.16. The first kappa shape index (κ1) is 23.3. The maximum atomic E-state index is 12.0. The number of carbonyl (C=O) groups excluding carboxylic acids is 1. The van der Waals surface area contributed by atoms with E-state index in [1.807, 2.05) is 60.7 Å². The summed E-state index contributed by atoms with van der Waals surface area (Å²) in [6.45, 7) is 0.517. The maximum Gasteiger partial charge on any atom is 0.257 e. The van der Waals surface area contributed by atoms with Gasteiger partial charge in [0.1, 0.15) is 24.2 Å². The number of benzene rings is 4. The lowest BCUT2D eigenvalue weighted by Gasteiger charge is -2.17. The van der Waals surface area contributed by atoms with Crippen LogP contribution >= 0.6 is 0 Å². The molecular weight excluding hydrogens is 482 g/mol. The summed E-state index contributed by atoms with van der Waals surface area (Å²) in [6.07, 6.45) is 3.12. The summed E-state index contributed by atoms with van der Waals surface area (Å²) in [5.41, 5.74) is 6.61. The molecule has 0 spiro atoms. The quantitative estimate of drug-likeness (QED) is 0.327. The van der Waals surface area contributed by atoms with Crippen molar-refractivity contribution in [2.45, 2.75) is 25.6 Å². The summed E-state index contributed by atoms with van der Waals surface area (Å²) in [7, 11) is -1.51. The predicted molar refractivity (Wildman–Crippen MR) is 145 cm³/mol. The van der Waals surface area contributed by atoms with Crippen LogP contribution in [0, 0.1) is 0 Å². The molecule has 0 saturated heterocycles. The van der Waals surface area contributed by atoms with Gasteiger partial charge in [-0.15, -0.1) is 0 Å². The molecular formula is C31H25NO4S. The first-order valence-electron chi connectivity index (χ1n) is 12.2. The Morgan fingerprint density at radius 2 is 1.59 bits per heavy atom. The second-order valence-electron chi connectivity index (χ2n) is 9.06. The minimum Gasteiger partial charge on any atom is -0.488 e. The second kappa shape index (κ2) is 10.1. The average Bonchev–Trinajstić information content (AvgIpc) is 3.50. The molecule has 1 heterocycles. The molecule has 1 N–H and O–H groups in total. The topological polar surface area (TPSA) is 64.6 Å². The largest absolute Gasteiger partial charge is 0.488 e. The number of fused-ring (bicyclic) bond motifs is 1. The molecule has 1 amide bonds. The van der Waals surface area contributed by atoms with E-state index in [-0.39, 0.29) is 12.0 Å². The van der Waals surface area contributed by atoms with Crippen molar-refractivity contribution < 1.29 is 18.5 Å². The van der Waals surface area contributed by atoms with Gasteiger partial charge in [-0.2, -0.15) is 0 Å². The van der Waals surface area contributed by atoms with Gasteiger partial charge in [-0.25, -0.2) is 4.21 Å². The van der Waals surface area contributed by atoms with Crippen LogP contribution < -0.4 is 14.2 Å². The molecule has 1 aliphatic heterocycles. The molecule has 0 aromatic heterocycles. The molecule has 0 bridgehead atoms. The Bertz CT molecular complexity index is 1510. The summed E-state index contributed by atoms with van der Waals surface area (Å²) in [4.78, 5) is 12.0. The molecule has 0 saturated carbocycles. The fraction of sp³-hybridized carbons (Fsp3) is 0.129. The molecule has 4 aromatic carbocycles. The Morgan fingerprint density at radius 1 is 0.838 bits per heavy atom. The predicted octanol–water partition coefficient (Wildman–Crippen LogP) is 6.13. The first-order chi connectivity index (χ1) is 18.2. The Hall–Kier alpha value is -4.16. The van der Waals surface area contributed by atoms with Crippen LogP contribution in [0.15, 0.2) is 103 Å². The molecule has 2 atom stereocenters. The van der Waals surface area contributed by atoms with Gasteiger partial charge in [0, 0.05) is 11.6 Å². The highest BCUT2D eigenvalue weighted by atomic mass is 32.2. The van der Waals surface area contributed by atoms with Gasteiger partial charge in [-0.3, -0.25) is 9.52 Å². The van der Waals surface area contributed by atoms with Gasteiger partial charge in [-0.1, -0.05) is 78.9 Å². The third kappa shape index (κ3) is 4.80. The number of para-hydroxylation sites is 1. The fourth-order valence-corrected chi connectivity index (χ4v) is 5.86. The van der Waals surface area contributed by atoms with Crippen molar-refractivity contribution in [3.8, 4) is 22.6 Å². The molecule has 37 heavy (non-hydrogen) atoms. The van der Waals surface area contributed by atoms with E-state index >= 15 is 0 Å². The van der Waals surface area contributed by atoms with Crippen molar-refractivity contribution in [1.29, 1.82) is 0 Å². The van der Waals surface area contributed by atoms with E-state index in [0.717, 1.165) is 41.0 Å². The Balaban J connectivity index is 1.22. The molecule has 4 aromatic rings. The van der Waals surface area contributed by atoms with E-state index in [2.05, 4.69) is 41.1 Å². The lowest BCUT2D eigenvalue weighted by molar-refractivity contribution is -0.114. The summed E-state index contributed by atoms with van der Waals surface area (Å²) in [6, 6.07) is 32.2. The SMILES string of the molecule is O=C1C=C(c2ccc(O[C@@H]3CCc4c(-c5ccccc5OCc5ccccc5)cccc43)cc2)S(=O)N1. The number of rotatable bonds is 7. The van der Waals surface area contributed by atoms with Crippen molar-refractivity contribution in [3.05, 3.63) is 125 Å². The second-order valence-corrected chi connectivity index (χ2v) is 10.2. The standard InChI is InChI=1S/C31H25NO4S/c33-31-19-30(37(34)32-31)22-13-15-23(16-14-22)36-29-18-17-25-24(10-6-11-27(25)29)26-9-4-5-12-28(26)35-20-21-7-2-1-3-8-21/h1-16,19,29H,17-18,20H2,(H,32,33)/t29-,37?/m1/s1. The lowest BCUT2D eigenvalue weighted by atomic mass is 9.96. The molecule has 2 aliphatic rings. The Morgan fingerprint density at radius 3 is 2.38 bits per heavy atom. The van der Waals surface area contributed by atoms with Crippen LogP contribution in [0.1, 0.15) is 34.8 Å². The third-order valence-corrected chi connectivity index (χ3v) is 7.84. The molecule has 184 valence electrons. The Kier molecular flexibility index (Phi) is 6.33. The molecule has 6 heteroatoms. The zero-order chi connectivity index (χ0) is 25.2. The van der Waals surface area contributed by atoms with E-state index in [1.54, 1.807) is 0 Å². The van der Waals surface area contributed by atoms with Crippen LogP contribution in [0.3, 0.4) is 0 Å². The van der Waals surface area contributed by atoms with Crippen molar-refractivity contribution in [1.82, 2.24) is 4.72 Å². The minimum absolute atomic E-state index is 0.0544. The summed E-state index contributed by atoms with van der Waals surface area (Å²) < 4.78 is 27.1. The molecule has 0 fully saturated rings. The normalized spacial score (nSPS) is 18.2. The van der Waals surface area contributed by atoms with Gasteiger partial charge in [0.2, 0.25) is 0 Å². The van der Waals surface area contributed by atoms with E-state index in [1.165, 1.54) is 22.8 Å². The van der Waals surface area contributed by atoms with Crippen LogP contribution in [0.2, 0.25) is 0 Å². The van der Waals surface area contributed by atoms with Crippen LogP contribution in [0.4, 0.5) is 0 Å². The highest BCUT2D eigenvalue weighted by Gasteiger charge is 2.27. The van der Waals surface area contributed by atoms with Crippen LogP contribution in [-0.4, -0.2) is 10.1 Å². The number of hydrogen-bond acceptors (Lipinski definition) is 4. The number of carbonyl (C=O) groups is 1. The highest BCUT2D eigenvalue weighted by molar-refractivity contribution is 7.93.